The molecule has 9 nitrogen and oxygen atoms in total. The van der Waals surface area contributed by atoms with E-state index < -0.39 is 0 Å². The number of imidazole rings is 1. The number of rotatable bonds is 4. The van der Waals surface area contributed by atoms with Gasteiger partial charge in [-0.15, -0.1) is 22.6 Å². The van der Waals surface area contributed by atoms with Gasteiger partial charge in [0.05, 0.1) is 18.4 Å². The van der Waals surface area contributed by atoms with Crippen molar-refractivity contribution in [2.24, 2.45) is 0 Å². The minimum absolute atomic E-state index is 0. The van der Waals surface area contributed by atoms with Crippen LogP contribution in [-0.4, -0.2) is 58.3 Å². The lowest BCUT2D eigenvalue weighted by atomic mass is 10.2. The van der Waals surface area contributed by atoms with Crippen molar-refractivity contribution in [2.45, 2.75) is 26.8 Å². The maximum atomic E-state index is 12.9. The summed E-state index contributed by atoms with van der Waals surface area (Å²) in [6, 6.07) is 3.99. The van der Waals surface area contributed by atoms with Crippen LogP contribution in [0.5, 0.6) is 5.75 Å². The first kappa shape index (κ1) is 21.8. The Morgan fingerprint density at radius 3 is 2.77 bits per heavy atom. The second kappa shape index (κ2) is 8.85. The van der Waals surface area contributed by atoms with Crippen LogP contribution in [0.4, 0.5) is 11.6 Å². The number of methoxy groups -OCH3 is 1. The summed E-state index contributed by atoms with van der Waals surface area (Å²) in [6.07, 6.45) is 3.57. The molecule has 0 unspecified atom stereocenters. The van der Waals surface area contributed by atoms with E-state index in [9.17, 15) is 4.79 Å². The number of anilines is 2. The van der Waals surface area contributed by atoms with Crippen molar-refractivity contribution >= 4 is 35.6 Å². The van der Waals surface area contributed by atoms with E-state index in [0.717, 1.165) is 42.4 Å². The molecule has 1 aliphatic heterocycles. The van der Waals surface area contributed by atoms with Gasteiger partial charge in [-0.3, -0.25) is 4.79 Å². The quantitative estimate of drug-likeness (QED) is 0.653. The molecule has 1 aliphatic rings. The van der Waals surface area contributed by atoms with E-state index in [1.807, 2.05) is 26.1 Å². The van der Waals surface area contributed by atoms with Gasteiger partial charge in [-0.2, -0.15) is 0 Å². The number of aryl methyl sites for hydroxylation is 2. The number of nitrogens with zero attached hydrogens (tertiary/aromatic N) is 5. The Labute approximate surface area is 181 Å². The Hall–Kier alpha value is -2.91. The number of nitrogens with one attached hydrogen (secondary N) is 2. The molecule has 160 valence electrons. The molecule has 10 heteroatoms. The normalized spacial score (nSPS) is 16.3. The Morgan fingerprint density at radius 1 is 1.27 bits per heavy atom. The lowest BCUT2D eigenvalue weighted by Crippen LogP contribution is -2.49. The monoisotopic (exact) mass is 431 g/mol. The molecule has 4 rings (SSSR count). The maximum absolute atomic E-state index is 12.9. The molecular weight excluding hydrogens is 406 g/mol. The smallest absolute Gasteiger partial charge is 0.262 e. The molecule has 3 aromatic rings. The fraction of sp³-hybridized carbons (Fsp3) is 0.400. The third-order valence-electron chi connectivity index (χ3n) is 5.01. The van der Waals surface area contributed by atoms with Crippen molar-refractivity contribution in [3.63, 3.8) is 0 Å². The van der Waals surface area contributed by atoms with E-state index in [1.54, 1.807) is 16.7 Å². The zero-order valence-electron chi connectivity index (χ0n) is 17.5. The van der Waals surface area contributed by atoms with Crippen LogP contribution in [0, 0.1) is 13.8 Å². The third kappa shape index (κ3) is 4.31. The Balaban J connectivity index is 0.00000256. The molecule has 3 aromatic heterocycles. The van der Waals surface area contributed by atoms with Gasteiger partial charge < -0.3 is 24.7 Å². The number of pyridine rings is 1. The highest BCUT2D eigenvalue weighted by atomic mass is 35.5. The van der Waals surface area contributed by atoms with E-state index >= 15 is 0 Å². The van der Waals surface area contributed by atoms with Crippen molar-refractivity contribution in [3.8, 4) is 5.75 Å². The second-order valence-corrected chi connectivity index (χ2v) is 7.39. The summed E-state index contributed by atoms with van der Waals surface area (Å²) in [5, 5.41) is 14.8. The van der Waals surface area contributed by atoms with Crippen LogP contribution in [0.1, 0.15) is 28.5 Å². The number of halogens is 1. The number of carbonyl (C=O) groups excluding carboxylic acids is 1. The summed E-state index contributed by atoms with van der Waals surface area (Å²) in [4.78, 5) is 19.5. The second-order valence-electron chi connectivity index (χ2n) is 7.39. The fourth-order valence-electron chi connectivity index (χ4n) is 3.64. The molecule has 1 saturated heterocycles. The summed E-state index contributed by atoms with van der Waals surface area (Å²) in [5.41, 5.74) is 2.96. The van der Waals surface area contributed by atoms with Crippen molar-refractivity contribution in [3.05, 3.63) is 41.3 Å². The molecule has 0 bridgehead atoms. The fourth-order valence-corrected chi connectivity index (χ4v) is 3.64. The maximum Gasteiger partial charge on any atom is 0.262 e. The Bertz CT molecular complexity index is 1070. The zero-order valence-corrected chi connectivity index (χ0v) is 18.3. The van der Waals surface area contributed by atoms with E-state index in [1.165, 1.54) is 7.11 Å². The number of carbonyl (C=O) groups is 1. The van der Waals surface area contributed by atoms with Gasteiger partial charge in [0, 0.05) is 44.1 Å². The first-order chi connectivity index (χ1) is 13.9. The lowest BCUT2D eigenvalue weighted by Gasteiger charge is -2.33. The van der Waals surface area contributed by atoms with Gasteiger partial charge in [0.25, 0.3) is 5.91 Å². The molecule has 4 heterocycles. The predicted molar refractivity (Wildman–Crippen MR) is 118 cm³/mol. The van der Waals surface area contributed by atoms with E-state index in [4.69, 9.17) is 4.74 Å². The molecule has 1 fully saturated rings. The van der Waals surface area contributed by atoms with Crippen LogP contribution in [0.15, 0.2) is 24.5 Å². The average molecular weight is 432 g/mol. The van der Waals surface area contributed by atoms with Gasteiger partial charge in [-0.1, -0.05) is 0 Å². The van der Waals surface area contributed by atoms with Gasteiger partial charge in [-0.25, -0.2) is 4.98 Å². The lowest BCUT2D eigenvalue weighted by molar-refractivity contribution is 0.102. The van der Waals surface area contributed by atoms with Crippen LogP contribution in [-0.2, 0) is 0 Å². The van der Waals surface area contributed by atoms with Crippen LogP contribution in [0.25, 0.3) is 5.65 Å². The molecule has 30 heavy (non-hydrogen) atoms. The molecule has 0 aromatic carbocycles. The summed E-state index contributed by atoms with van der Waals surface area (Å²) >= 11 is 0. The van der Waals surface area contributed by atoms with Crippen LogP contribution < -0.4 is 20.3 Å². The highest BCUT2D eigenvalue weighted by Gasteiger charge is 2.20. The van der Waals surface area contributed by atoms with Crippen molar-refractivity contribution in [1.29, 1.82) is 0 Å². The number of fused-ring (bicyclic) bond motifs is 1. The number of aromatic nitrogens is 4. The van der Waals surface area contributed by atoms with E-state index in [0.29, 0.717) is 23.2 Å². The summed E-state index contributed by atoms with van der Waals surface area (Å²) in [6.45, 7) is 8.70. The molecular formula is C20H26ClN7O2. The first-order valence-electron chi connectivity index (χ1n) is 9.62. The first-order valence-corrected chi connectivity index (χ1v) is 9.62. The third-order valence-corrected chi connectivity index (χ3v) is 5.01. The highest BCUT2D eigenvalue weighted by Crippen LogP contribution is 2.23. The number of ether oxygens (including phenoxy) is 1. The molecule has 0 aliphatic carbocycles. The van der Waals surface area contributed by atoms with Gasteiger partial charge in [-0.05, 0) is 32.4 Å². The standard InChI is InChI=1S/C20H25N7O2.ClH/c1-12-7-17(24-25-19(12)26-6-5-21-13(2)9-26)23-20(28)15-11-27-10-14(3)22-18(27)8-16(15)29-4;/h7-8,10-11,13,21H,5-6,9H2,1-4H3,(H,23,24,28);1H/t13-;/m0./s1. The average Bonchev–Trinajstić information content (AvgIpc) is 3.05. The Morgan fingerprint density at radius 2 is 2.07 bits per heavy atom. The van der Waals surface area contributed by atoms with Gasteiger partial charge in [0.15, 0.2) is 11.6 Å². The van der Waals surface area contributed by atoms with E-state index in [2.05, 4.69) is 37.6 Å². The number of amides is 1. The zero-order chi connectivity index (χ0) is 20.5. The minimum Gasteiger partial charge on any atom is -0.496 e. The van der Waals surface area contributed by atoms with Gasteiger partial charge in [0.2, 0.25) is 0 Å². The molecule has 0 saturated carbocycles. The minimum atomic E-state index is -0.313. The molecule has 0 spiro atoms. The Kier molecular flexibility index (Phi) is 6.42. The number of piperazine rings is 1. The molecule has 2 N–H and O–H groups in total. The van der Waals surface area contributed by atoms with Crippen LogP contribution >= 0.6 is 12.4 Å². The highest BCUT2D eigenvalue weighted by molar-refractivity contribution is 6.05. The van der Waals surface area contributed by atoms with Crippen molar-refractivity contribution < 1.29 is 9.53 Å². The van der Waals surface area contributed by atoms with Crippen molar-refractivity contribution in [2.75, 3.05) is 37.0 Å². The summed E-state index contributed by atoms with van der Waals surface area (Å²) in [7, 11) is 1.53. The van der Waals surface area contributed by atoms with Gasteiger partial charge >= 0.3 is 0 Å². The SMILES string of the molecule is COc1cc2nc(C)cn2cc1C(=O)Nc1cc(C)c(N2CCN[C@@H](C)C2)nn1.Cl. The van der Waals surface area contributed by atoms with E-state index in [-0.39, 0.29) is 18.3 Å². The van der Waals surface area contributed by atoms with Gasteiger partial charge in [0.1, 0.15) is 11.4 Å². The van der Waals surface area contributed by atoms with Crippen LogP contribution in [0.2, 0.25) is 0 Å². The molecule has 1 atom stereocenters. The molecule has 1 amide bonds. The number of hydrogen-bond donors (Lipinski definition) is 2. The molecule has 0 radical (unpaired) electrons. The largest absolute Gasteiger partial charge is 0.496 e. The van der Waals surface area contributed by atoms with Crippen molar-refractivity contribution in [1.82, 2.24) is 24.9 Å². The predicted octanol–water partition coefficient (Wildman–Crippen LogP) is 2.22. The summed E-state index contributed by atoms with van der Waals surface area (Å²) in [5.74, 6) is 1.40. The van der Waals surface area contributed by atoms with Crippen LogP contribution in [0.3, 0.4) is 0 Å². The topological polar surface area (TPSA) is 96.7 Å². The summed E-state index contributed by atoms with van der Waals surface area (Å²) < 4.78 is 7.19. The number of hydrogen-bond acceptors (Lipinski definition) is 7.